The Balaban J connectivity index is 4.71. The van der Waals surface area contributed by atoms with Crippen LogP contribution in [0.25, 0.3) is 0 Å². The molecule has 0 N–H and O–H groups in total. The van der Waals surface area contributed by atoms with Crippen LogP contribution < -0.4 is 0 Å². The van der Waals surface area contributed by atoms with E-state index in [1.807, 2.05) is 0 Å². The predicted molar refractivity (Wildman–Crippen MR) is 25.5 cm³/mol. The average Bonchev–Trinajstić information content (AvgIpc) is 1.60. The molecule has 0 aromatic carbocycles. The number of rotatable bonds is 1. The zero-order valence-electron chi connectivity index (χ0n) is 4.67. The summed E-state index contributed by atoms with van der Waals surface area (Å²) < 4.78 is 56.7. The second-order valence-electron chi connectivity index (χ2n) is 1.38. The molecular formula is C5H3F5. The first-order valence-corrected chi connectivity index (χ1v) is 2.14. The van der Waals surface area contributed by atoms with Crippen LogP contribution >= 0.6 is 0 Å². The van der Waals surface area contributed by atoms with E-state index in [0.29, 0.717) is 0 Å². The lowest BCUT2D eigenvalue weighted by molar-refractivity contribution is -0.0914. The van der Waals surface area contributed by atoms with E-state index in [0.717, 1.165) is 0 Å². The molecule has 0 aliphatic carbocycles. The Bertz CT molecular complexity index is 159. The fourth-order valence-electron chi connectivity index (χ4n) is 0.300. The molecule has 0 spiro atoms. The minimum Gasteiger partial charge on any atom is -0.173 e. The van der Waals surface area contributed by atoms with Gasteiger partial charge in [-0.2, -0.15) is 22.0 Å². The second-order valence-corrected chi connectivity index (χ2v) is 1.38. The maximum absolute atomic E-state index is 11.4. The highest BCUT2D eigenvalue weighted by molar-refractivity contribution is 5.21. The molecule has 0 fully saturated rings. The molecular weight excluding hydrogens is 155 g/mol. The highest BCUT2D eigenvalue weighted by Gasteiger charge is 2.35. The topological polar surface area (TPSA) is 0 Å². The number of hydrogen-bond acceptors (Lipinski definition) is 0. The number of halogens is 5. The zero-order valence-corrected chi connectivity index (χ0v) is 4.67. The van der Waals surface area contributed by atoms with E-state index in [-0.39, 0.29) is 6.08 Å². The Morgan fingerprint density at radius 2 is 1.60 bits per heavy atom. The van der Waals surface area contributed by atoms with Crippen molar-refractivity contribution < 1.29 is 22.0 Å². The minimum absolute atomic E-state index is 0.0787. The summed E-state index contributed by atoms with van der Waals surface area (Å²) >= 11 is 0. The zero-order chi connectivity index (χ0) is 8.36. The molecule has 0 aliphatic heterocycles. The fourth-order valence-corrected chi connectivity index (χ4v) is 0.300. The van der Waals surface area contributed by atoms with Crippen molar-refractivity contribution in [3.8, 4) is 0 Å². The van der Waals surface area contributed by atoms with Gasteiger partial charge in [0.15, 0.2) is 0 Å². The normalized spacial score (nSPS) is 10.9. The molecule has 0 aliphatic rings. The summed E-state index contributed by atoms with van der Waals surface area (Å²) in [5.41, 5.74) is -1.98. The van der Waals surface area contributed by atoms with Crippen LogP contribution in [0, 0.1) is 0 Å². The van der Waals surface area contributed by atoms with E-state index in [9.17, 15) is 22.0 Å². The van der Waals surface area contributed by atoms with Gasteiger partial charge in [-0.1, -0.05) is 12.7 Å². The Morgan fingerprint density at radius 3 is 1.60 bits per heavy atom. The first kappa shape index (κ1) is 9.13. The largest absolute Gasteiger partial charge is 0.421 e. The van der Waals surface area contributed by atoms with E-state index >= 15 is 0 Å². The molecule has 0 atom stereocenters. The third-order valence-electron chi connectivity index (χ3n) is 0.713. The molecule has 0 nitrogen and oxygen atoms in total. The van der Waals surface area contributed by atoms with E-state index in [1.165, 1.54) is 0 Å². The summed E-state index contributed by atoms with van der Waals surface area (Å²) in [7, 11) is 0. The molecule has 5 heteroatoms. The van der Waals surface area contributed by atoms with Crippen molar-refractivity contribution in [2.24, 2.45) is 0 Å². The Morgan fingerprint density at radius 1 is 1.20 bits per heavy atom. The monoisotopic (exact) mass is 158 g/mol. The Hall–Kier alpha value is -0.870. The molecule has 0 unspecified atom stereocenters. The van der Waals surface area contributed by atoms with Gasteiger partial charge in [-0.25, -0.2) is 0 Å². The molecule has 10 heavy (non-hydrogen) atoms. The summed E-state index contributed by atoms with van der Waals surface area (Å²) in [6.45, 7) is 2.59. The summed E-state index contributed by atoms with van der Waals surface area (Å²) in [5.74, 6) is 0. The van der Waals surface area contributed by atoms with Gasteiger partial charge in [-0.3, -0.25) is 0 Å². The lowest BCUT2D eigenvalue weighted by atomic mass is 10.3. The van der Waals surface area contributed by atoms with E-state index in [2.05, 4.69) is 6.58 Å². The van der Waals surface area contributed by atoms with Crippen LogP contribution in [0.15, 0.2) is 24.3 Å². The molecule has 58 valence electrons. The molecule has 0 bridgehead atoms. The smallest absolute Gasteiger partial charge is 0.173 e. The van der Waals surface area contributed by atoms with Gasteiger partial charge in [0.25, 0.3) is 6.08 Å². The van der Waals surface area contributed by atoms with Crippen LogP contribution in [-0.2, 0) is 0 Å². The van der Waals surface area contributed by atoms with E-state index in [1.54, 1.807) is 0 Å². The SMILES string of the molecule is C=CC(=C(F)F)C(F)(F)F. The van der Waals surface area contributed by atoms with E-state index < -0.39 is 17.8 Å². The van der Waals surface area contributed by atoms with Crippen LogP contribution in [0.2, 0.25) is 0 Å². The lowest BCUT2D eigenvalue weighted by Gasteiger charge is -2.03. The van der Waals surface area contributed by atoms with Gasteiger partial charge in [-0.15, -0.1) is 0 Å². The predicted octanol–water partition coefficient (Wildman–Crippen LogP) is 2.89. The molecule has 0 saturated carbocycles. The van der Waals surface area contributed by atoms with E-state index in [4.69, 9.17) is 0 Å². The van der Waals surface area contributed by atoms with Gasteiger partial charge < -0.3 is 0 Å². The van der Waals surface area contributed by atoms with Crippen LogP contribution in [-0.4, -0.2) is 6.18 Å². The molecule has 0 aromatic rings. The third kappa shape index (κ3) is 2.16. The summed E-state index contributed by atoms with van der Waals surface area (Å²) in [5, 5.41) is 0. The third-order valence-corrected chi connectivity index (χ3v) is 0.713. The number of hydrogen-bond donors (Lipinski definition) is 0. The van der Waals surface area contributed by atoms with Gasteiger partial charge in [0.1, 0.15) is 5.57 Å². The second kappa shape index (κ2) is 2.81. The summed E-state index contributed by atoms with van der Waals surface area (Å²) in [6.07, 6.45) is -7.68. The quantitative estimate of drug-likeness (QED) is 0.406. The average molecular weight is 158 g/mol. The summed E-state index contributed by atoms with van der Waals surface area (Å²) in [6, 6.07) is 0. The maximum Gasteiger partial charge on any atom is 0.421 e. The van der Waals surface area contributed by atoms with Crippen molar-refractivity contribution in [3.63, 3.8) is 0 Å². The van der Waals surface area contributed by atoms with Crippen LogP contribution in [0.3, 0.4) is 0 Å². The van der Waals surface area contributed by atoms with Gasteiger partial charge in [0, 0.05) is 0 Å². The molecule has 0 rings (SSSR count). The molecule has 0 radical (unpaired) electrons. The van der Waals surface area contributed by atoms with Gasteiger partial charge >= 0.3 is 6.18 Å². The van der Waals surface area contributed by atoms with Gasteiger partial charge in [0.05, 0.1) is 0 Å². The fraction of sp³-hybridized carbons (Fsp3) is 0.200. The van der Waals surface area contributed by atoms with Crippen LogP contribution in [0.5, 0.6) is 0 Å². The first-order chi connectivity index (χ1) is 4.39. The van der Waals surface area contributed by atoms with Crippen molar-refractivity contribution in [1.82, 2.24) is 0 Å². The van der Waals surface area contributed by atoms with Crippen molar-refractivity contribution in [2.75, 3.05) is 0 Å². The van der Waals surface area contributed by atoms with Crippen LogP contribution in [0.1, 0.15) is 0 Å². The van der Waals surface area contributed by atoms with Crippen molar-refractivity contribution in [1.29, 1.82) is 0 Å². The number of allylic oxidation sites excluding steroid dienone is 2. The maximum atomic E-state index is 11.4. The molecule has 0 heterocycles. The molecule has 0 aromatic heterocycles. The lowest BCUT2D eigenvalue weighted by Crippen LogP contribution is -2.10. The standard InChI is InChI=1S/C5H3F5/c1-2-3(4(6)7)5(8,9)10/h2H,1H2. The minimum atomic E-state index is -5.00. The van der Waals surface area contributed by atoms with Crippen molar-refractivity contribution >= 4 is 0 Å². The molecule has 0 amide bonds. The van der Waals surface area contributed by atoms with Gasteiger partial charge in [-0.05, 0) is 0 Å². The number of alkyl halides is 3. The van der Waals surface area contributed by atoms with Crippen molar-refractivity contribution in [3.05, 3.63) is 24.3 Å². The van der Waals surface area contributed by atoms with Crippen molar-refractivity contribution in [2.45, 2.75) is 6.18 Å². The highest BCUT2D eigenvalue weighted by atomic mass is 19.4. The van der Waals surface area contributed by atoms with Crippen LogP contribution in [0.4, 0.5) is 22.0 Å². The summed E-state index contributed by atoms with van der Waals surface area (Å²) in [4.78, 5) is 0. The molecule has 0 saturated heterocycles. The first-order valence-electron chi connectivity index (χ1n) is 2.14. The highest BCUT2D eigenvalue weighted by Crippen LogP contribution is 2.29. The van der Waals surface area contributed by atoms with Gasteiger partial charge in [0.2, 0.25) is 0 Å². The Kier molecular flexibility index (Phi) is 2.56. The Labute approximate surface area is 53.6 Å².